The Labute approximate surface area is 107 Å². The molecule has 1 aromatic heterocycles. The zero-order valence-electron chi connectivity index (χ0n) is 10.4. The first-order valence-electron chi connectivity index (χ1n) is 6.52. The van der Waals surface area contributed by atoms with Crippen molar-refractivity contribution in [1.82, 2.24) is 15.0 Å². The van der Waals surface area contributed by atoms with E-state index in [4.69, 9.17) is 5.73 Å². The molecule has 0 atom stereocenters. The van der Waals surface area contributed by atoms with E-state index in [1.54, 1.807) is 0 Å². The number of rotatable bonds is 3. The van der Waals surface area contributed by atoms with Crippen molar-refractivity contribution >= 4 is 0 Å². The third kappa shape index (κ3) is 1.82. The summed E-state index contributed by atoms with van der Waals surface area (Å²) >= 11 is 0. The number of nitrogens with two attached hydrogens (primary N) is 1. The van der Waals surface area contributed by atoms with Crippen LogP contribution in [0.1, 0.15) is 31.4 Å². The van der Waals surface area contributed by atoms with Gasteiger partial charge in [0.1, 0.15) is 0 Å². The van der Waals surface area contributed by atoms with E-state index in [0.717, 1.165) is 24.2 Å². The maximum atomic E-state index is 5.97. The fraction of sp³-hybridized carbons (Fsp3) is 0.429. The standard InChI is InChI=1S/C14H18N4/c15-11-14(8-4-5-9-14)13-10-18(17-16-13)12-6-2-1-3-7-12/h1-3,6-7,10H,4-5,8-9,11,15H2. The van der Waals surface area contributed by atoms with Crippen LogP contribution in [0.5, 0.6) is 0 Å². The highest BCUT2D eigenvalue weighted by atomic mass is 15.4. The summed E-state index contributed by atoms with van der Waals surface area (Å²) in [6.07, 6.45) is 6.80. The van der Waals surface area contributed by atoms with Crippen LogP contribution in [0.2, 0.25) is 0 Å². The third-order valence-corrected chi connectivity index (χ3v) is 4.01. The summed E-state index contributed by atoms with van der Waals surface area (Å²) in [7, 11) is 0. The Kier molecular flexibility index (Phi) is 2.88. The Hall–Kier alpha value is -1.68. The van der Waals surface area contributed by atoms with Gasteiger partial charge in [-0.25, -0.2) is 4.68 Å². The van der Waals surface area contributed by atoms with E-state index in [1.165, 1.54) is 12.8 Å². The molecule has 3 rings (SSSR count). The summed E-state index contributed by atoms with van der Waals surface area (Å²) in [4.78, 5) is 0. The fourth-order valence-electron chi connectivity index (χ4n) is 2.83. The molecular formula is C14H18N4. The molecule has 4 heteroatoms. The second kappa shape index (κ2) is 4.53. The first-order valence-corrected chi connectivity index (χ1v) is 6.52. The SMILES string of the molecule is NCC1(c2cn(-c3ccccc3)nn2)CCCC1. The lowest BCUT2D eigenvalue weighted by Crippen LogP contribution is -2.32. The quantitative estimate of drug-likeness (QED) is 0.896. The molecule has 0 radical (unpaired) electrons. The van der Waals surface area contributed by atoms with Crippen LogP contribution in [0.4, 0.5) is 0 Å². The molecule has 2 aromatic rings. The molecule has 94 valence electrons. The third-order valence-electron chi connectivity index (χ3n) is 4.01. The molecular weight excluding hydrogens is 224 g/mol. The van der Waals surface area contributed by atoms with E-state index in [9.17, 15) is 0 Å². The van der Waals surface area contributed by atoms with Crippen molar-refractivity contribution in [2.75, 3.05) is 6.54 Å². The first kappa shape index (κ1) is 11.4. The van der Waals surface area contributed by atoms with Gasteiger partial charge in [-0.1, -0.05) is 36.3 Å². The molecule has 1 aliphatic rings. The smallest absolute Gasteiger partial charge is 0.0906 e. The Bertz CT molecular complexity index is 512. The van der Waals surface area contributed by atoms with E-state index >= 15 is 0 Å². The van der Waals surface area contributed by atoms with Crippen LogP contribution in [-0.4, -0.2) is 21.5 Å². The fourth-order valence-corrected chi connectivity index (χ4v) is 2.83. The summed E-state index contributed by atoms with van der Waals surface area (Å²) in [6, 6.07) is 10.1. The maximum Gasteiger partial charge on any atom is 0.0906 e. The molecule has 0 bridgehead atoms. The lowest BCUT2D eigenvalue weighted by molar-refractivity contribution is 0.438. The van der Waals surface area contributed by atoms with Crippen LogP contribution in [0, 0.1) is 0 Å². The first-order chi connectivity index (χ1) is 8.84. The van der Waals surface area contributed by atoms with Crippen molar-refractivity contribution in [1.29, 1.82) is 0 Å². The van der Waals surface area contributed by atoms with Crippen molar-refractivity contribution < 1.29 is 0 Å². The van der Waals surface area contributed by atoms with Crippen LogP contribution in [0.3, 0.4) is 0 Å². The van der Waals surface area contributed by atoms with Gasteiger partial charge in [-0.3, -0.25) is 0 Å². The summed E-state index contributed by atoms with van der Waals surface area (Å²) < 4.78 is 1.84. The molecule has 2 N–H and O–H groups in total. The molecule has 1 aliphatic carbocycles. The molecule has 1 heterocycles. The Morgan fingerprint density at radius 1 is 1.17 bits per heavy atom. The molecule has 0 unspecified atom stereocenters. The predicted octanol–water partition coefficient (Wildman–Crippen LogP) is 2.04. The lowest BCUT2D eigenvalue weighted by atomic mass is 9.83. The van der Waals surface area contributed by atoms with Gasteiger partial charge in [-0.15, -0.1) is 5.10 Å². The molecule has 18 heavy (non-hydrogen) atoms. The predicted molar refractivity (Wildman–Crippen MR) is 70.6 cm³/mol. The Balaban J connectivity index is 1.94. The summed E-state index contributed by atoms with van der Waals surface area (Å²) in [5.41, 5.74) is 8.12. The number of nitrogens with zero attached hydrogens (tertiary/aromatic N) is 3. The van der Waals surface area contributed by atoms with Gasteiger partial charge < -0.3 is 5.73 Å². The topological polar surface area (TPSA) is 56.7 Å². The zero-order valence-corrected chi connectivity index (χ0v) is 10.4. The second-order valence-corrected chi connectivity index (χ2v) is 5.08. The minimum atomic E-state index is 0.0625. The maximum absolute atomic E-state index is 5.97. The molecule has 0 spiro atoms. The van der Waals surface area contributed by atoms with Gasteiger partial charge in [0.25, 0.3) is 0 Å². The number of benzene rings is 1. The van der Waals surface area contributed by atoms with E-state index in [0.29, 0.717) is 6.54 Å². The number of hydrogen-bond acceptors (Lipinski definition) is 3. The Morgan fingerprint density at radius 3 is 2.56 bits per heavy atom. The summed E-state index contributed by atoms with van der Waals surface area (Å²) in [5, 5.41) is 8.59. The normalized spacial score (nSPS) is 18.1. The van der Waals surface area contributed by atoms with Crippen LogP contribution >= 0.6 is 0 Å². The van der Waals surface area contributed by atoms with Crippen molar-refractivity contribution in [3.8, 4) is 5.69 Å². The van der Waals surface area contributed by atoms with Gasteiger partial charge in [-0.2, -0.15) is 0 Å². The molecule has 1 aromatic carbocycles. The van der Waals surface area contributed by atoms with E-state index in [-0.39, 0.29) is 5.41 Å². The highest BCUT2D eigenvalue weighted by Gasteiger charge is 2.36. The summed E-state index contributed by atoms with van der Waals surface area (Å²) in [5.74, 6) is 0. The average Bonchev–Trinajstić information content (AvgIpc) is 3.09. The number of aromatic nitrogens is 3. The average molecular weight is 242 g/mol. The van der Waals surface area contributed by atoms with Crippen molar-refractivity contribution in [2.45, 2.75) is 31.1 Å². The highest BCUT2D eigenvalue weighted by Crippen LogP contribution is 2.39. The second-order valence-electron chi connectivity index (χ2n) is 5.08. The minimum Gasteiger partial charge on any atom is -0.330 e. The molecule has 0 amide bonds. The molecule has 0 aliphatic heterocycles. The van der Waals surface area contributed by atoms with Gasteiger partial charge in [-0.05, 0) is 25.0 Å². The van der Waals surface area contributed by atoms with Gasteiger partial charge in [0.05, 0.1) is 17.6 Å². The van der Waals surface area contributed by atoms with Crippen LogP contribution in [0.25, 0.3) is 5.69 Å². The van der Waals surface area contributed by atoms with Gasteiger partial charge in [0.2, 0.25) is 0 Å². The van der Waals surface area contributed by atoms with Gasteiger partial charge in [0, 0.05) is 12.0 Å². The van der Waals surface area contributed by atoms with Crippen molar-refractivity contribution in [3.05, 3.63) is 42.2 Å². The minimum absolute atomic E-state index is 0.0625. The number of para-hydroxylation sites is 1. The van der Waals surface area contributed by atoms with Crippen molar-refractivity contribution in [3.63, 3.8) is 0 Å². The molecule has 1 fully saturated rings. The van der Waals surface area contributed by atoms with E-state index < -0.39 is 0 Å². The van der Waals surface area contributed by atoms with E-state index in [1.807, 2.05) is 41.2 Å². The van der Waals surface area contributed by atoms with Crippen LogP contribution in [-0.2, 0) is 5.41 Å². The summed E-state index contributed by atoms with van der Waals surface area (Å²) in [6.45, 7) is 0.667. The molecule has 1 saturated carbocycles. The lowest BCUT2D eigenvalue weighted by Gasteiger charge is -2.23. The highest BCUT2D eigenvalue weighted by molar-refractivity contribution is 5.31. The zero-order chi connectivity index (χ0) is 12.4. The molecule has 4 nitrogen and oxygen atoms in total. The monoisotopic (exact) mass is 242 g/mol. The van der Waals surface area contributed by atoms with Crippen molar-refractivity contribution in [2.24, 2.45) is 5.73 Å². The largest absolute Gasteiger partial charge is 0.330 e. The molecule has 0 saturated heterocycles. The van der Waals surface area contributed by atoms with Gasteiger partial charge in [0.15, 0.2) is 0 Å². The van der Waals surface area contributed by atoms with E-state index in [2.05, 4.69) is 10.3 Å². The number of hydrogen-bond donors (Lipinski definition) is 1. The Morgan fingerprint density at radius 2 is 1.89 bits per heavy atom. The van der Waals surface area contributed by atoms with Gasteiger partial charge >= 0.3 is 0 Å². The van der Waals surface area contributed by atoms with Crippen LogP contribution in [0.15, 0.2) is 36.5 Å². The van der Waals surface area contributed by atoms with Crippen LogP contribution < -0.4 is 5.73 Å².